The smallest absolute Gasteiger partial charge is 2.00 e. The van der Waals surface area contributed by atoms with Crippen LogP contribution in [0, 0.1) is 0 Å². The maximum absolute atomic E-state index is 0. The molecule has 0 aromatic rings. The van der Waals surface area contributed by atoms with Crippen molar-refractivity contribution in [1.29, 1.82) is 0 Å². The second kappa shape index (κ2) is 1620. The fourth-order valence-electron chi connectivity index (χ4n) is 0. The van der Waals surface area contributed by atoms with Gasteiger partial charge in [-0.1, -0.05) is 0 Å². The normalized spacial score (nSPS) is 0. The third-order valence-corrected chi connectivity index (χ3v) is 0. The summed E-state index contributed by atoms with van der Waals surface area (Å²) < 4.78 is 0. The zero-order chi connectivity index (χ0) is 0. The minimum Gasteiger partial charge on any atom is -2.00 e. The zero-order valence-electron chi connectivity index (χ0n) is 8.98. The molecule has 0 fully saturated rings. The summed E-state index contributed by atoms with van der Waals surface area (Å²) in [5.74, 6) is 0. The second-order valence-electron chi connectivity index (χ2n) is 0. The van der Waals surface area contributed by atoms with Crippen molar-refractivity contribution in [2.75, 3.05) is 0 Å². The largest absolute Gasteiger partial charge is 4.00 e. The molecule has 0 radical (unpaired) electrons. The van der Waals surface area contributed by atoms with E-state index in [0.29, 0.717) is 0 Å². The molecule has 96 valence electrons. The van der Waals surface area contributed by atoms with Gasteiger partial charge in [-0.3, -0.25) is 0 Å². The molecule has 0 saturated heterocycles. The first-order chi connectivity index (χ1) is 0. The van der Waals surface area contributed by atoms with Crippen molar-refractivity contribution >= 4 is 72.2 Å². The van der Waals surface area contributed by atoms with E-state index in [4.69, 9.17) is 0 Å². The van der Waals surface area contributed by atoms with Crippen LogP contribution in [0.2, 0.25) is 0 Å². The second-order valence-corrected chi connectivity index (χ2v) is 0. The molecule has 0 aliphatic heterocycles. The Morgan fingerprint density at radius 3 is 0.211 bits per heavy atom. The first kappa shape index (κ1) is 1880. The number of hydrogen-bond acceptors (Lipinski definition) is 0. The molecule has 0 aromatic heterocycles. The topological polar surface area (TPSA) is 342 Å². The maximum Gasteiger partial charge on any atom is 4.00 e. The molecule has 0 bridgehead atoms. The Balaban J connectivity index is 0. The number of rotatable bonds is 0. The molecule has 0 aromatic carbocycles. The van der Waals surface area contributed by atoms with Gasteiger partial charge in [0.2, 0.25) is 0 Å². The third kappa shape index (κ3) is 1450. The summed E-state index contributed by atoms with van der Waals surface area (Å²) in [6.07, 6.45) is 0. The van der Waals surface area contributed by atoms with Crippen molar-refractivity contribution in [2.24, 2.45) is 0 Å². The Hall–Kier alpha value is 2.14. The van der Waals surface area contributed by atoms with Crippen molar-refractivity contribution in [2.45, 2.75) is 0 Å². The summed E-state index contributed by atoms with van der Waals surface area (Å²) in [6.45, 7) is 0. The summed E-state index contributed by atoms with van der Waals surface area (Å²) in [5.41, 5.74) is 0. The van der Waals surface area contributed by atoms with Gasteiger partial charge in [-0.05, 0) is 0 Å². The van der Waals surface area contributed by atoms with Crippen LogP contribution < -0.4 is 29.6 Å². The molecule has 0 spiro atoms. The molecule has 0 N–H and O–H groups in total. The Morgan fingerprint density at radius 2 is 0.211 bits per heavy atom. The average molecular weight is 382 g/mol. The number of hydrogen-bond donors (Lipinski definition) is 0. The van der Waals surface area contributed by atoms with E-state index in [2.05, 4.69) is 0 Å². The first-order valence-corrected chi connectivity index (χ1v) is 0. The van der Waals surface area contributed by atoms with E-state index >= 15 is 0 Å². The fourth-order valence-corrected chi connectivity index (χ4v) is 0. The van der Waals surface area contributed by atoms with Gasteiger partial charge in [0.25, 0.3) is 0 Å². The van der Waals surface area contributed by atoms with Crippen LogP contribution >= 0.6 is 0 Å². The van der Waals surface area contributed by atoms with Gasteiger partial charge < -0.3 is 65.7 Å². The van der Waals surface area contributed by atoms with E-state index in [1.165, 1.54) is 0 Å². The molecule has 0 rings (SSSR count). The van der Waals surface area contributed by atoms with Gasteiger partial charge in [0, 0.05) is 0 Å². The van der Waals surface area contributed by atoms with Gasteiger partial charge in [0.05, 0.1) is 0 Å². The van der Waals surface area contributed by atoms with Crippen molar-refractivity contribution < 1.29 is 95.3 Å². The SMILES string of the molecule is [Al+3].[Na+].[O-2].[O-2].[O-2].[O-2].[O-2].[O-2].[O-2].[O-2].[O-2].[O-2].[O-2].[O-2].[Si+4].[Si+4].[Si+4].[Si+4].[Si+4]. The Labute approximate surface area is 166 Å². The van der Waals surface area contributed by atoms with Crippen LogP contribution in [0.1, 0.15) is 0 Å². The predicted molar refractivity (Wildman–Crippen MR) is 42.8 cm³/mol. The van der Waals surface area contributed by atoms with E-state index in [1.807, 2.05) is 0 Å². The summed E-state index contributed by atoms with van der Waals surface area (Å²) in [6, 6.07) is 0. The van der Waals surface area contributed by atoms with Gasteiger partial charge >= 0.3 is 102 Å². The molecule has 0 amide bonds. The van der Waals surface area contributed by atoms with E-state index in [-0.39, 0.29) is 167 Å². The van der Waals surface area contributed by atoms with Crippen molar-refractivity contribution in [3.63, 3.8) is 0 Å². The van der Waals surface area contributed by atoms with Crippen molar-refractivity contribution in [1.82, 2.24) is 0 Å². The van der Waals surface area contributed by atoms with Crippen LogP contribution in [-0.2, 0) is 65.7 Å². The predicted octanol–water partition coefficient (Wildman–Crippen LogP) is -6.71. The monoisotopic (exact) mass is 382 g/mol. The van der Waals surface area contributed by atoms with Gasteiger partial charge in [-0.15, -0.1) is 0 Å². The molecule has 0 heterocycles. The first-order valence-electron chi connectivity index (χ1n) is 0. The third-order valence-electron chi connectivity index (χ3n) is 0. The maximum atomic E-state index is 0. The van der Waals surface area contributed by atoms with Crippen LogP contribution in [0.3, 0.4) is 0 Å². The van der Waals surface area contributed by atoms with E-state index < -0.39 is 0 Å². The summed E-state index contributed by atoms with van der Waals surface area (Å²) >= 11 is 0. The average Bonchev–Trinajstić information content (AvgIpc) is 0. The Kier molecular flexibility index (Phi) is 160000. The molecule has 0 atom stereocenters. The molecule has 0 aliphatic rings. The van der Waals surface area contributed by atoms with Crippen LogP contribution in [0.5, 0.6) is 0 Å². The van der Waals surface area contributed by atoms with Crippen molar-refractivity contribution in [3.05, 3.63) is 0 Å². The summed E-state index contributed by atoms with van der Waals surface area (Å²) in [4.78, 5) is 0. The van der Waals surface area contributed by atoms with Gasteiger partial charge in [-0.2, -0.15) is 0 Å². The molecule has 19 heteroatoms. The van der Waals surface area contributed by atoms with E-state index in [0.717, 1.165) is 0 Å². The fraction of sp³-hybridized carbons (Fsp3) is 0. The Morgan fingerprint density at radius 1 is 0.211 bits per heavy atom. The van der Waals surface area contributed by atoms with Gasteiger partial charge in [-0.25, -0.2) is 0 Å². The molecule has 0 saturated carbocycles. The molecule has 0 unspecified atom stereocenters. The van der Waals surface area contributed by atoms with Crippen LogP contribution in [0.15, 0.2) is 0 Å². The molecule has 19 heavy (non-hydrogen) atoms. The molecular formula is AlNaO12Si5. The standard InChI is InChI=1S/Al.Na.12O.5Si/q+3;+1;12*-2;5*+4. The van der Waals surface area contributed by atoms with Crippen molar-refractivity contribution in [3.8, 4) is 0 Å². The minimum atomic E-state index is 0. The van der Waals surface area contributed by atoms with Crippen LogP contribution in [0.25, 0.3) is 0 Å². The minimum absolute atomic E-state index is 0. The molecule has 0 aliphatic carbocycles. The van der Waals surface area contributed by atoms with E-state index in [1.54, 1.807) is 0 Å². The van der Waals surface area contributed by atoms with Crippen LogP contribution in [0.4, 0.5) is 0 Å². The molecule has 12 nitrogen and oxygen atoms in total. The summed E-state index contributed by atoms with van der Waals surface area (Å²) in [7, 11) is 0. The van der Waals surface area contributed by atoms with E-state index in [9.17, 15) is 0 Å². The van der Waals surface area contributed by atoms with Crippen LogP contribution in [-0.4, -0.2) is 72.2 Å². The zero-order valence-corrected chi connectivity index (χ0v) is 17.1. The quantitative estimate of drug-likeness (QED) is 0.352. The molecular weight excluding hydrogens is 382 g/mol. The Bertz CT molecular complexity index is 26.1. The van der Waals surface area contributed by atoms with Gasteiger partial charge in [0.15, 0.2) is 0 Å². The summed E-state index contributed by atoms with van der Waals surface area (Å²) in [5, 5.41) is 0. The van der Waals surface area contributed by atoms with Gasteiger partial charge in [0.1, 0.15) is 0 Å².